The Morgan fingerprint density at radius 1 is 1.32 bits per heavy atom. The zero-order chi connectivity index (χ0) is 13.8. The molecular formula is C16H25ClN2. The van der Waals surface area contributed by atoms with Gasteiger partial charge >= 0.3 is 0 Å². The minimum absolute atomic E-state index is 0.483. The van der Waals surface area contributed by atoms with Crippen LogP contribution in [0.3, 0.4) is 0 Å². The summed E-state index contributed by atoms with van der Waals surface area (Å²) in [6.45, 7) is 4.46. The Labute approximate surface area is 122 Å². The van der Waals surface area contributed by atoms with Crippen molar-refractivity contribution >= 4 is 11.6 Å². The quantitative estimate of drug-likeness (QED) is 0.908. The normalized spacial score (nSPS) is 23.8. The Hall–Kier alpha value is -0.570. The van der Waals surface area contributed by atoms with E-state index < -0.39 is 0 Å². The fourth-order valence-corrected chi connectivity index (χ4v) is 2.89. The van der Waals surface area contributed by atoms with Crippen LogP contribution in [0.5, 0.6) is 0 Å². The number of halogens is 1. The van der Waals surface area contributed by atoms with E-state index in [1.54, 1.807) is 0 Å². The van der Waals surface area contributed by atoms with Crippen LogP contribution in [0.4, 0.5) is 0 Å². The molecular weight excluding hydrogens is 256 g/mol. The summed E-state index contributed by atoms with van der Waals surface area (Å²) < 4.78 is 0. The molecule has 2 atom stereocenters. The van der Waals surface area contributed by atoms with Gasteiger partial charge in [-0.05, 0) is 63.0 Å². The molecule has 1 N–H and O–H groups in total. The van der Waals surface area contributed by atoms with Gasteiger partial charge < -0.3 is 10.2 Å². The summed E-state index contributed by atoms with van der Waals surface area (Å²) in [5.74, 6) is 0.797. The molecule has 1 saturated heterocycles. The Bertz CT molecular complexity index is 409. The smallest absolute Gasteiger partial charge is 0.0441 e. The van der Waals surface area contributed by atoms with Crippen LogP contribution in [0.1, 0.15) is 36.9 Å². The highest BCUT2D eigenvalue weighted by atomic mass is 35.5. The van der Waals surface area contributed by atoms with Crippen molar-refractivity contribution in [1.29, 1.82) is 0 Å². The van der Waals surface area contributed by atoms with Gasteiger partial charge in [0.1, 0.15) is 0 Å². The summed E-state index contributed by atoms with van der Waals surface area (Å²) >= 11 is 6.41. The second-order valence-corrected chi connectivity index (χ2v) is 6.45. The van der Waals surface area contributed by atoms with Crippen LogP contribution < -0.4 is 5.32 Å². The first-order valence-corrected chi connectivity index (χ1v) is 7.60. The standard InChI is InChI=1S/C16H25ClN2/c1-12-4-7-16(18-11-12)14-6-5-13(15(17)10-14)8-9-19(2)3/h5-6,10,12,16,18H,4,7-9,11H2,1-3H3. The molecule has 3 heteroatoms. The Morgan fingerprint density at radius 2 is 2.11 bits per heavy atom. The molecule has 0 aromatic heterocycles. The third-order valence-electron chi connectivity index (χ3n) is 3.97. The van der Waals surface area contributed by atoms with Crippen molar-refractivity contribution < 1.29 is 0 Å². The lowest BCUT2D eigenvalue weighted by atomic mass is 9.91. The van der Waals surface area contributed by atoms with Gasteiger partial charge in [0.15, 0.2) is 0 Å². The maximum atomic E-state index is 6.41. The lowest BCUT2D eigenvalue weighted by Gasteiger charge is -2.28. The fourth-order valence-electron chi connectivity index (χ4n) is 2.61. The monoisotopic (exact) mass is 280 g/mol. The number of benzene rings is 1. The van der Waals surface area contributed by atoms with E-state index in [0.29, 0.717) is 6.04 Å². The summed E-state index contributed by atoms with van der Waals surface area (Å²) in [5.41, 5.74) is 2.59. The van der Waals surface area contributed by atoms with Crippen molar-refractivity contribution in [2.45, 2.75) is 32.2 Å². The highest BCUT2D eigenvalue weighted by molar-refractivity contribution is 6.31. The molecule has 1 aliphatic heterocycles. The Morgan fingerprint density at radius 3 is 2.68 bits per heavy atom. The predicted octanol–water partition coefficient (Wildman–Crippen LogP) is 3.50. The van der Waals surface area contributed by atoms with Gasteiger partial charge in [0.05, 0.1) is 0 Å². The highest BCUT2D eigenvalue weighted by Crippen LogP contribution is 2.28. The maximum absolute atomic E-state index is 6.41. The van der Waals surface area contributed by atoms with Crippen LogP contribution in [-0.2, 0) is 6.42 Å². The average Bonchev–Trinajstić information content (AvgIpc) is 2.38. The molecule has 0 saturated carbocycles. The first-order chi connectivity index (χ1) is 9.06. The van der Waals surface area contributed by atoms with Crippen molar-refractivity contribution in [2.75, 3.05) is 27.2 Å². The summed E-state index contributed by atoms with van der Waals surface area (Å²) in [7, 11) is 4.19. The molecule has 2 nitrogen and oxygen atoms in total. The van der Waals surface area contributed by atoms with E-state index in [4.69, 9.17) is 11.6 Å². The third kappa shape index (κ3) is 4.20. The van der Waals surface area contributed by atoms with E-state index in [2.05, 4.69) is 49.4 Å². The van der Waals surface area contributed by atoms with Gasteiger partial charge in [0.2, 0.25) is 0 Å². The SMILES string of the molecule is CC1CCC(c2ccc(CCN(C)C)c(Cl)c2)NC1. The molecule has 0 bridgehead atoms. The molecule has 0 aliphatic carbocycles. The van der Waals surface area contributed by atoms with Gasteiger partial charge in [-0.3, -0.25) is 0 Å². The van der Waals surface area contributed by atoms with Crippen LogP contribution in [0, 0.1) is 5.92 Å². The van der Waals surface area contributed by atoms with Gasteiger partial charge in [-0.1, -0.05) is 30.7 Å². The minimum Gasteiger partial charge on any atom is -0.310 e. The molecule has 1 aromatic rings. The number of hydrogen-bond donors (Lipinski definition) is 1. The fraction of sp³-hybridized carbons (Fsp3) is 0.625. The molecule has 1 heterocycles. The first-order valence-electron chi connectivity index (χ1n) is 7.22. The van der Waals surface area contributed by atoms with Crippen molar-refractivity contribution in [3.05, 3.63) is 34.3 Å². The molecule has 0 radical (unpaired) electrons. The molecule has 19 heavy (non-hydrogen) atoms. The van der Waals surface area contributed by atoms with Crippen LogP contribution in [0.2, 0.25) is 5.02 Å². The highest BCUT2D eigenvalue weighted by Gasteiger charge is 2.19. The second-order valence-electron chi connectivity index (χ2n) is 6.05. The molecule has 1 aromatic carbocycles. The average molecular weight is 281 g/mol. The van der Waals surface area contributed by atoms with Crippen LogP contribution in [0.15, 0.2) is 18.2 Å². The molecule has 106 valence electrons. The van der Waals surface area contributed by atoms with Crippen LogP contribution in [0.25, 0.3) is 0 Å². The first kappa shape index (κ1) is 14.8. The molecule has 0 spiro atoms. The largest absolute Gasteiger partial charge is 0.310 e. The summed E-state index contributed by atoms with van der Waals surface area (Å²) in [6.07, 6.45) is 3.54. The van der Waals surface area contributed by atoms with Crippen LogP contribution in [-0.4, -0.2) is 32.1 Å². The second kappa shape index (κ2) is 6.74. The number of piperidine rings is 1. The summed E-state index contributed by atoms with van der Waals surface area (Å²) in [6, 6.07) is 7.07. The van der Waals surface area contributed by atoms with Crippen molar-refractivity contribution in [3.8, 4) is 0 Å². The molecule has 2 unspecified atom stereocenters. The van der Waals surface area contributed by atoms with Gasteiger partial charge in [0, 0.05) is 17.6 Å². The molecule has 2 rings (SSSR count). The van der Waals surface area contributed by atoms with Gasteiger partial charge in [-0.15, -0.1) is 0 Å². The number of nitrogens with zero attached hydrogens (tertiary/aromatic N) is 1. The minimum atomic E-state index is 0.483. The molecule has 1 fully saturated rings. The van der Waals surface area contributed by atoms with E-state index in [1.165, 1.54) is 24.0 Å². The topological polar surface area (TPSA) is 15.3 Å². The zero-order valence-corrected chi connectivity index (χ0v) is 13.0. The molecule has 0 amide bonds. The van der Waals surface area contributed by atoms with Gasteiger partial charge in [-0.2, -0.15) is 0 Å². The Kier molecular flexibility index (Phi) is 5.26. The third-order valence-corrected chi connectivity index (χ3v) is 4.32. The number of hydrogen-bond acceptors (Lipinski definition) is 2. The van der Waals surface area contributed by atoms with E-state index >= 15 is 0 Å². The van der Waals surface area contributed by atoms with E-state index in [9.17, 15) is 0 Å². The number of nitrogens with one attached hydrogen (secondary N) is 1. The predicted molar refractivity (Wildman–Crippen MR) is 82.9 cm³/mol. The van der Waals surface area contributed by atoms with Crippen molar-refractivity contribution in [2.24, 2.45) is 5.92 Å². The number of rotatable bonds is 4. The lowest BCUT2D eigenvalue weighted by Crippen LogP contribution is -2.31. The van der Waals surface area contributed by atoms with Gasteiger partial charge in [0.25, 0.3) is 0 Å². The van der Waals surface area contributed by atoms with E-state index in [-0.39, 0.29) is 0 Å². The van der Waals surface area contributed by atoms with Crippen molar-refractivity contribution in [3.63, 3.8) is 0 Å². The molecule has 1 aliphatic rings. The number of likely N-dealkylation sites (N-methyl/N-ethyl adjacent to an activating group) is 1. The van der Waals surface area contributed by atoms with Crippen LogP contribution >= 0.6 is 11.6 Å². The van der Waals surface area contributed by atoms with E-state index in [1.807, 2.05) is 0 Å². The van der Waals surface area contributed by atoms with E-state index in [0.717, 1.165) is 30.5 Å². The zero-order valence-electron chi connectivity index (χ0n) is 12.2. The summed E-state index contributed by atoms with van der Waals surface area (Å²) in [5, 5.41) is 4.53. The lowest BCUT2D eigenvalue weighted by molar-refractivity contribution is 0.333. The summed E-state index contributed by atoms with van der Waals surface area (Å²) in [4.78, 5) is 2.19. The van der Waals surface area contributed by atoms with Crippen molar-refractivity contribution in [1.82, 2.24) is 10.2 Å². The van der Waals surface area contributed by atoms with Gasteiger partial charge in [-0.25, -0.2) is 0 Å². The Balaban J connectivity index is 2.02. The maximum Gasteiger partial charge on any atom is 0.0441 e.